The van der Waals surface area contributed by atoms with Crippen molar-refractivity contribution in [2.75, 3.05) is 11.9 Å². The summed E-state index contributed by atoms with van der Waals surface area (Å²) in [5.74, 6) is -0.934. The van der Waals surface area contributed by atoms with E-state index in [1.54, 1.807) is 0 Å². The minimum atomic E-state index is -0.831. The number of anilines is 1. The zero-order valence-corrected chi connectivity index (χ0v) is 11.5. The summed E-state index contributed by atoms with van der Waals surface area (Å²) >= 11 is 0. The third kappa shape index (κ3) is 6.89. The minimum absolute atomic E-state index is 0.101. The van der Waals surface area contributed by atoms with Crippen molar-refractivity contribution >= 4 is 17.6 Å². The van der Waals surface area contributed by atoms with E-state index in [1.165, 1.54) is 0 Å². The number of amides is 1. The Morgan fingerprint density at radius 2 is 1.85 bits per heavy atom. The van der Waals surface area contributed by atoms with Crippen LogP contribution in [0, 0.1) is 0 Å². The van der Waals surface area contributed by atoms with Crippen molar-refractivity contribution in [3.05, 3.63) is 29.8 Å². The zero-order valence-electron chi connectivity index (χ0n) is 11.5. The van der Waals surface area contributed by atoms with Crippen molar-refractivity contribution in [2.45, 2.75) is 38.5 Å². The van der Waals surface area contributed by atoms with E-state index in [1.807, 2.05) is 24.3 Å². The fraction of sp³-hybridized carbons (Fsp3) is 0.467. The molecule has 1 aromatic rings. The van der Waals surface area contributed by atoms with Gasteiger partial charge in [-0.25, -0.2) is 0 Å². The molecule has 0 saturated heterocycles. The number of hydrogen-bond acceptors (Lipinski definition) is 3. The third-order valence-electron chi connectivity index (χ3n) is 2.88. The summed E-state index contributed by atoms with van der Waals surface area (Å²) in [4.78, 5) is 22.0. The Morgan fingerprint density at radius 3 is 2.55 bits per heavy atom. The molecule has 0 aromatic heterocycles. The highest BCUT2D eigenvalue weighted by atomic mass is 16.4. The number of aliphatic carboxylic acids is 1. The molecule has 1 aromatic carbocycles. The number of benzene rings is 1. The van der Waals surface area contributed by atoms with Crippen LogP contribution in [0.5, 0.6) is 0 Å². The first-order chi connectivity index (χ1) is 9.61. The lowest BCUT2D eigenvalue weighted by Gasteiger charge is -2.07. The largest absolute Gasteiger partial charge is 0.481 e. The van der Waals surface area contributed by atoms with Crippen molar-refractivity contribution in [3.63, 3.8) is 0 Å². The smallest absolute Gasteiger partial charge is 0.303 e. The molecule has 0 unspecified atom stereocenters. The Kier molecular flexibility index (Phi) is 7.35. The van der Waals surface area contributed by atoms with Crippen LogP contribution in [0.1, 0.15) is 37.7 Å². The van der Waals surface area contributed by atoms with Crippen LogP contribution in [-0.2, 0) is 16.0 Å². The average molecular weight is 279 g/mol. The molecule has 20 heavy (non-hydrogen) atoms. The number of carboxylic acid groups (broad SMARTS) is 1. The average Bonchev–Trinajstić information content (AvgIpc) is 2.41. The van der Waals surface area contributed by atoms with Crippen LogP contribution in [0.15, 0.2) is 24.3 Å². The third-order valence-corrected chi connectivity index (χ3v) is 2.88. The maximum atomic E-state index is 11.7. The summed E-state index contributed by atoms with van der Waals surface area (Å²) in [6.07, 6.45) is 2.99. The molecule has 0 aliphatic heterocycles. The van der Waals surface area contributed by atoms with E-state index < -0.39 is 5.97 Å². The molecule has 1 amide bonds. The number of unbranched alkanes of at least 4 members (excludes halogenated alkanes) is 1. The van der Waals surface area contributed by atoms with Crippen molar-refractivity contribution in [3.8, 4) is 0 Å². The lowest BCUT2D eigenvalue weighted by atomic mass is 10.1. The van der Waals surface area contributed by atoms with E-state index in [2.05, 4.69) is 5.32 Å². The molecule has 5 heteroatoms. The monoisotopic (exact) mass is 279 g/mol. The Balaban J connectivity index is 2.35. The topological polar surface area (TPSA) is 86.6 Å². The predicted octanol–water partition coefficient (Wildman–Crippen LogP) is 2.20. The van der Waals surface area contributed by atoms with Gasteiger partial charge in [-0.15, -0.1) is 0 Å². The van der Waals surface area contributed by atoms with Crippen LogP contribution >= 0.6 is 0 Å². The van der Waals surface area contributed by atoms with Gasteiger partial charge in [0.05, 0.1) is 0 Å². The Hall–Kier alpha value is -1.88. The molecule has 1 rings (SSSR count). The summed E-state index contributed by atoms with van der Waals surface area (Å²) in [6.45, 7) is 0.153. The first-order valence-corrected chi connectivity index (χ1v) is 6.83. The number of nitrogens with one attached hydrogen (secondary N) is 1. The first-order valence-electron chi connectivity index (χ1n) is 6.83. The maximum absolute atomic E-state index is 11.7. The van der Waals surface area contributed by atoms with Crippen molar-refractivity contribution in [2.24, 2.45) is 0 Å². The number of aliphatic hydroxyl groups is 1. The van der Waals surface area contributed by atoms with Crippen LogP contribution in [0.3, 0.4) is 0 Å². The normalized spacial score (nSPS) is 10.2. The standard InChI is InChI=1S/C15H21NO4/c17-10-4-6-12-5-3-7-13(11-12)16-14(18)8-1-2-9-15(19)20/h3,5,7,11,17H,1-2,4,6,8-10H2,(H,16,18)(H,19,20). The second-order valence-corrected chi connectivity index (χ2v) is 4.68. The van der Waals surface area contributed by atoms with Gasteiger partial charge in [0, 0.05) is 25.1 Å². The summed E-state index contributed by atoms with van der Waals surface area (Å²) in [5.41, 5.74) is 1.81. The quantitative estimate of drug-likeness (QED) is 0.605. The summed E-state index contributed by atoms with van der Waals surface area (Å²) < 4.78 is 0. The van der Waals surface area contributed by atoms with Gasteiger partial charge >= 0.3 is 5.97 Å². The van der Waals surface area contributed by atoms with Crippen molar-refractivity contribution in [1.29, 1.82) is 0 Å². The lowest BCUT2D eigenvalue weighted by molar-refractivity contribution is -0.137. The molecule has 0 fully saturated rings. The summed E-state index contributed by atoms with van der Waals surface area (Å²) in [6, 6.07) is 7.54. The minimum Gasteiger partial charge on any atom is -0.481 e. The SMILES string of the molecule is O=C(O)CCCCC(=O)Nc1cccc(CCCO)c1. The highest BCUT2D eigenvalue weighted by Gasteiger charge is 2.04. The molecule has 0 saturated carbocycles. The molecule has 0 radical (unpaired) electrons. The van der Waals surface area contributed by atoms with Gasteiger partial charge < -0.3 is 15.5 Å². The molecule has 0 aliphatic rings. The van der Waals surface area contributed by atoms with Crippen molar-refractivity contribution in [1.82, 2.24) is 0 Å². The number of aliphatic hydroxyl groups excluding tert-OH is 1. The Bertz CT molecular complexity index is 445. The number of rotatable bonds is 9. The Morgan fingerprint density at radius 1 is 1.10 bits per heavy atom. The van der Waals surface area contributed by atoms with Crippen LogP contribution in [0.25, 0.3) is 0 Å². The molecule has 0 heterocycles. The highest BCUT2D eigenvalue weighted by Crippen LogP contribution is 2.13. The van der Waals surface area contributed by atoms with Gasteiger partial charge in [-0.05, 0) is 43.4 Å². The van der Waals surface area contributed by atoms with Crippen LogP contribution in [0.2, 0.25) is 0 Å². The molecule has 0 bridgehead atoms. The molecular weight excluding hydrogens is 258 g/mol. The molecule has 0 atom stereocenters. The molecule has 0 spiro atoms. The van der Waals surface area contributed by atoms with Gasteiger partial charge in [0.25, 0.3) is 0 Å². The van der Waals surface area contributed by atoms with Gasteiger partial charge in [-0.3, -0.25) is 9.59 Å². The predicted molar refractivity (Wildman–Crippen MR) is 76.6 cm³/mol. The van der Waals surface area contributed by atoms with Gasteiger partial charge in [0.15, 0.2) is 0 Å². The summed E-state index contributed by atoms with van der Waals surface area (Å²) in [7, 11) is 0. The van der Waals surface area contributed by atoms with Gasteiger partial charge in [-0.1, -0.05) is 12.1 Å². The number of carbonyl (C=O) groups is 2. The molecular formula is C15H21NO4. The van der Waals surface area contributed by atoms with E-state index in [4.69, 9.17) is 10.2 Å². The first kappa shape index (κ1) is 16.2. The van der Waals surface area contributed by atoms with E-state index in [9.17, 15) is 9.59 Å². The zero-order chi connectivity index (χ0) is 14.8. The van der Waals surface area contributed by atoms with E-state index >= 15 is 0 Å². The van der Waals surface area contributed by atoms with E-state index in [-0.39, 0.29) is 18.9 Å². The fourth-order valence-corrected chi connectivity index (χ4v) is 1.87. The van der Waals surface area contributed by atoms with Crippen LogP contribution < -0.4 is 5.32 Å². The van der Waals surface area contributed by atoms with Crippen LogP contribution in [-0.4, -0.2) is 28.7 Å². The van der Waals surface area contributed by atoms with Gasteiger partial charge in [-0.2, -0.15) is 0 Å². The number of carbonyl (C=O) groups excluding carboxylic acids is 1. The molecule has 3 N–H and O–H groups in total. The highest BCUT2D eigenvalue weighted by molar-refractivity contribution is 5.90. The Labute approximate surface area is 118 Å². The van der Waals surface area contributed by atoms with Crippen molar-refractivity contribution < 1.29 is 19.8 Å². The second-order valence-electron chi connectivity index (χ2n) is 4.68. The second kappa shape index (κ2) is 9.09. The fourth-order valence-electron chi connectivity index (χ4n) is 1.87. The summed E-state index contributed by atoms with van der Waals surface area (Å²) in [5, 5.41) is 20.1. The molecule has 0 aliphatic carbocycles. The van der Waals surface area contributed by atoms with Gasteiger partial charge in [0.2, 0.25) is 5.91 Å². The lowest BCUT2D eigenvalue weighted by Crippen LogP contribution is -2.11. The number of aryl methyl sites for hydroxylation is 1. The van der Waals surface area contributed by atoms with E-state index in [0.29, 0.717) is 25.7 Å². The maximum Gasteiger partial charge on any atom is 0.303 e. The van der Waals surface area contributed by atoms with Gasteiger partial charge in [0.1, 0.15) is 0 Å². The number of hydrogen-bond donors (Lipinski definition) is 3. The van der Waals surface area contributed by atoms with Crippen LogP contribution in [0.4, 0.5) is 5.69 Å². The number of carboxylic acids is 1. The van der Waals surface area contributed by atoms with E-state index in [0.717, 1.165) is 17.7 Å². The molecule has 110 valence electrons. The molecule has 5 nitrogen and oxygen atoms in total.